The zero-order chi connectivity index (χ0) is 27.3. The van der Waals surface area contributed by atoms with Crippen molar-refractivity contribution in [1.29, 1.82) is 0 Å². The minimum Gasteiger partial charge on any atom is -0.493 e. The molecular weight excluding hydrogens is 508 g/mol. The van der Waals surface area contributed by atoms with Crippen LogP contribution in [0.25, 0.3) is 0 Å². The van der Waals surface area contributed by atoms with Crippen LogP contribution in [0, 0.1) is 0 Å². The molecule has 2 unspecified atom stereocenters. The number of anilines is 2. The van der Waals surface area contributed by atoms with Crippen molar-refractivity contribution >= 4 is 11.4 Å². The Kier molecular flexibility index (Phi) is 8.27. The predicted molar refractivity (Wildman–Crippen MR) is 154 cm³/mol. The van der Waals surface area contributed by atoms with E-state index in [2.05, 4.69) is 21.9 Å². The summed E-state index contributed by atoms with van der Waals surface area (Å²) in [6.07, 6.45) is 2.00. The van der Waals surface area contributed by atoms with Gasteiger partial charge in [-0.2, -0.15) is 0 Å². The molecule has 2 atom stereocenters. The highest BCUT2D eigenvalue weighted by Gasteiger charge is 2.27. The second-order valence-corrected chi connectivity index (χ2v) is 10.7. The fraction of sp³-hybridized carbons (Fsp3) is 0.438. The number of nitrogens with zero attached hydrogens (tertiary/aromatic N) is 2. The van der Waals surface area contributed by atoms with Crippen LogP contribution in [0.3, 0.4) is 0 Å². The first-order valence-corrected chi connectivity index (χ1v) is 14.2. The number of β-amino-alcohol motifs (C(OH)–C–C–N with tert-alkyl or cyclic N) is 1. The van der Waals surface area contributed by atoms with Gasteiger partial charge in [0.05, 0.1) is 37.7 Å². The van der Waals surface area contributed by atoms with Crippen LogP contribution >= 0.6 is 0 Å². The first-order valence-electron chi connectivity index (χ1n) is 14.2. The summed E-state index contributed by atoms with van der Waals surface area (Å²) in [6.45, 7) is 5.77. The molecule has 3 aromatic carbocycles. The summed E-state index contributed by atoms with van der Waals surface area (Å²) in [6, 6.07) is 20.3. The molecule has 0 saturated carbocycles. The number of aliphatic hydroxyl groups excluding tert-OH is 1. The van der Waals surface area contributed by atoms with Gasteiger partial charge in [-0.15, -0.1) is 0 Å². The zero-order valence-corrected chi connectivity index (χ0v) is 23.1. The third-order valence-corrected chi connectivity index (χ3v) is 7.73. The Labute approximate surface area is 236 Å². The summed E-state index contributed by atoms with van der Waals surface area (Å²) >= 11 is 0. The molecule has 3 heterocycles. The molecule has 212 valence electrons. The minimum atomic E-state index is -0.448. The van der Waals surface area contributed by atoms with Gasteiger partial charge in [-0.1, -0.05) is 6.07 Å². The van der Waals surface area contributed by atoms with Crippen molar-refractivity contribution in [2.75, 3.05) is 62.9 Å². The van der Waals surface area contributed by atoms with Crippen molar-refractivity contribution in [1.82, 2.24) is 0 Å². The maximum Gasteiger partial charge on any atom is 0.142 e. The summed E-state index contributed by atoms with van der Waals surface area (Å²) in [7, 11) is 1.74. The van der Waals surface area contributed by atoms with Crippen LogP contribution in [0.2, 0.25) is 0 Å². The van der Waals surface area contributed by atoms with E-state index in [1.807, 2.05) is 48.5 Å². The highest BCUT2D eigenvalue weighted by atomic mass is 16.5. The van der Waals surface area contributed by atoms with Gasteiger partial charge in [-0.3, -0.25) is 0 Å². The molecule has 1 N–H and O–H groups in total. The van der Waals surface area contributed by atoms with E-state index in [4.69, 9.17) is 23.7 Å². The number of rotatable bonds is 10. The smallest absolute Gasteiger partial charge is 0.142 e. The second kappa shape index (κ2) is 12.4. The molecule has 0 spiro atoms. The quantitative estimate of drug-likeness (QED) is 0.364. The number of hydrogen-bond donors (Lipinski definition) is 1. The van der Waals surface area contributed by atoms with Gasteiger partial charge in [0.15, 0.2) is 0 Å². The van der Waals surface area contributed by atoms with Crippen LogP contribution in [-0.4, -0.2) is 70.4 Å². The summed E-state index contributed by atoms with van der Waals surface area (Å²) < 4.78 is 29.1. The maximum absolute atomic E-state index is 10.6. The molecule has 3 aliphatic rings. The molecule has 1 fully saturated rings. The fourth-order valence-electron chi connectivity index (χ4n) is 5.70. The Morgan fingerprint density at radius 3 is 2.62 bits per heavy atom. The average Bonchev–Trinajstić information content (AvgIpc) is 3.44. The Morgan fingerprint density at radius 1 is 0.925 bits per heavy atom. The van der Waals surface area contributed by atoms with Crippen molar-refractivity contribution in [3.05, 3.63) is 71.8 Å². The number of hydrogen-bond acceptors (Lipinski definition) is 8. The van der Waals surface area contributed by atoms with Crippen LogP contribution in [0.15, 0.2) is 60.7 Å². The Balaban J connectivity index is 1.05. The summed E-state index contributed by atoms with van der Waals surface area (Å²) in [4.78, 5) is 4.55. The van der Waals surface area contributed by atoms with E-state index in [1.54, 1.807) is 7.11 Å². The summed E-state index contributed by atoms with van der Waals surface area (Å²) in [5.74, 6) is 3.46. The number of methoxy groups -OCH3 is 1. The number of benzene rings is 3. The van der Waals surface area contributed by atoms with E-state index >= 15 is 0 Å². The van der Waals surface area contributed by atoms with E-state index in [0.717, 1.165) is 85.6 Å². The lowest BCUT2D eigenvalue weighted by atomic mass is 10.0. The third-order valence-electron chi connectivity index (χ3n) is 7.73. The molecule has 0 aliphatic carbocycles. The van der Waals surface area contributed by atoms with Gasteiger partial charge in [-0.25, -0.2) is 0 Å². The zero-order valence-electron chi connectivity index (χ0n) is 23.1. The first kappa shape index (κ1) is 26.7. The van der Waals surface area contributed by atoms with Gasteiger partial charge in [0.25, 0.3) is 0 Å². The number of aliphatic hydroxyl groups is 1. The third kappa shape index (κ3) is 6.30. The topological polar surface area (TPSA) is 72.9 Å². The number of ether oxygens (including phenoxy) is 5. The van der Waals surface area contributed by atoms with Crippen LogP contribution in [0.1, 0.15) is 24.0 Å². The summed E-state index contributed by atoms with van der Waals surface area (Å²) in [5.41, 5.74) is 4.45. The molecule has 3 aromatic rings. The average molecular weight is 547 g/mol. The Bertz CT molecular complexity index is 1280. The molecule has 6 rings (SSSR count). The largest absolute Gasteiger partial charge is 0.493 e. The molecule has 0 radical (unpaired) electrons. The van der Waals surface area contributed by atoms with Gasteiger partial charge < -0.3 is 38.6 Å². The highest BCUT2D eigenvalue weighted by Crippen LogP contribution is 2.34. The van der Waals surface area contributed by atoms with Gasteiger partial charge >= 0.3 is 0 Å². The van der Waals surface area contributed by atoms with Crippen LogP contribution < -0.4 is 24.0 Å². The normalized spacial score (nSPS) is 19.9. The predicted octanol–water partition coefficient (Wildman–Crippen LogP) is 4.81. The fourth-order valence-corrected chi connectivity index (χ4v) is 5.70. The molecular formula is C32H38N2O6. The molecule has 1 saturated heterocycles. The van der Waals surface area contributed by atoms with E-state index in [9.17, 15) is 5.11 Å². The van der Waals surface area contributed by atoms with Crippen LogP contribution in [0.4, 0.5) is 11.4 Å². The lowest BCUT2D eigenvalue weighted by Crippen LogP contribution is -2.46. The van der Waals surface area contributed by atoms with Crippen LogP contribution in [-0.2, 0) is 22.5 Å². The Morgan fingerprint density at radius 2 is 1.75 bits per heavy atom. The molecule has 8 heteroatoms. The van der Waals surface area contributed by atoms with Gasteiger partial charge in [0, 0.05) is 57.4 Å². The lowest BCUT2D eigenvalue weighted by molar-refractivity contribution is -0.00478. The molecule has 0 amide bonds. The molecule has 0 bridgehead atoms. The van der Waals surface area contributed by atoms with E-state index in [0.29, 0.717) is 26.2 Å². The van der Waals surface area contributed by atoms with E-state index < -0.39 is 6.10 Å². The van der Waals surface area contributed by atoms with Crippen molar-refractivity contribution in [2.24, 2.45) is 0 Å². The van der Waals surface area contributed by atoms with Gasteiger partial charge in [-0.05, 0) is 66.6 Å². The molecule has 8 nitrogen and oxygen atoms in total. The Hall–Kier alpha value is -3.46. The second-order valence-electron chi connectivity index (χ2n) is 10.7. The minimum absolute atomic E-state index is 0.0709. The molecule has 3 aliphatic heterocycles. The standard InChI is InChI=1S/C32H38N2O6/c1-36-14-2-12-33-13-16-38-32-9-3-23(17-30(32)33)22-39-29-19-26(35)20-34(21-29)25-4-6-27(7-5-25)40-28-8-10-31-24(18-28)11-15-37-31/h3-10,17-18,26,29,35H,2,11-16,19-22H2,1H3. The van der Waals surface area contributed by atoms with E-state index in [1.165, 1.54) is 5.56 Å². The lowest BCUT2D eigenvalue weighted by Gasteiger charge is -2.37. The van der Waals surface area contributed by atoms with Gasteiger partial charge in [0.2, 0.25) is 0 Å². The van der Waals surface area contributed by atoms with Crippen molar-refractivity contribution < 1.29 is 28.8 Å². The first-order chi connectivity index (χ1) is 19.6. The summed E-state index contributed by atoms with van der Waals surface area (Å²) in [5, 5.41) is 10.6. The van der Waals surface area contributed by atoms with Crippen LogP contribution in [0.5, 0.6) is 23.0 Å². The van der Waals surface area contributed by atoms with E-state index in [-0.39, 0.29) is 6.10 Å². The maximum atomic E-state index is 10.6. The molecule has 0 aromatic heterocycles. The van der Waals surface area contributed by atoms with Gasteiger partial charge in [0.1, 0.15) is 29.6 Å². The van der Waals surface area contributed by atoms with Crippen molar-refractivity contribution in [2.45, 2.75) is 38.1 Å². The monoisotopic (exact) mass is 546 g/mol. The number of piperidine rings is 1. The van der Waals surface area contributed by atoms with Crippen molar-refractivity contribution in [3.63, 3.8) is 0 Å². The number of fused-ring (bicyclic) bond motifs is 2. The van der Waals surface area contributed by atoms with Crippen molar-refractivity contribution in [3.8, 4) is 23.0 Å². The molecule has 40 heavy (non-hydrogen) atoms. The highest BCUT2D eigenvalue weighted by molar-refractivity contribution is 5.61. The SMILES string of the molecule is COCCCN1CCOc2ccc(COC3CC(O)CN(c4ccc(Oc5ccc6c(c5)CCO6)cc4)C3)cc21.